The number of alkyl halides is 3. The number of thioether (sulfide) groups is 1. The summed E-state index contributed by atoms with van der Waals surface area (Å²) in [6, 6.07) is 12.1. The van der Waals surface area contributed by atoms with Gasteiger partial charge in [-0.3, -0.25) is 9.36 Å². The maximum atomic E-state index is 13.0. The minimum absolute atomic E-state index is 0.0840. The average molecular weight is 407 g/mol. The van der Waals surface area contributed by atoms with E-state index in [2.05, 4.69) is 10.3 Å². The summed E-state index contributed by atoms with van der Waals surface area (Å²) in [4.78, 5) is 16.4. The molecular formula is C19H16F3N3O2S. The molecule has 0 aliphatic carbocycles. The fourth-order valence-electron chi connectivity index (χ4n) is 2.49. The third-order valence-electron chi connectivity index (χ3n) is 3.80. The van der Waals surface area contributed by atoms with Crippen molar-refractivity contribution in [1.29, 1.82) is 0 Å². The molecule has 2 aromatic carbocycles. The molecule has 0 spiro atoms. The molecule has 1 N–H and O–H groups in total. The minimum Gasteiger partial charge on any atom is -0.497 e. The molecule has 5 nitrogen and oxygen atoms in total. The van der Waals surface area contributed by atoms with Crippen molar-refractivity contribution in [3.8, 4) is 11.4 Å². The molecule has 0 bridgehead atoms. The summed E-state index contributed by atoms with van der Waals surface area (Å²) in [5, 5.41) is 2.87. The first kappa shape index (κ1) is 19.8. The van der Waals surface area contributed by atoms with E-state index in [0.717, 1.165) is 23.5 Å². The largest absolute Gasteiger partial charge is 0.497 e. The van der Waals surface area contributed by atoms with Crippen LogP contribution in [0.25, 0.3) is 5.69 Å². The number of anilines is 1. The van der Waals surface area contributed by atoms with Gasteiger partial charge < -0.3 is 10.1 Å². The van der Waals surface area contributed by atoms with Crippen LogP contribution in [0.4, 0.5) is 18.9 Å². The van der Waals surface area contributed by atoms with Gasteiger partial charge in [0.1, 0.15) is 5.75 Å². The first-order valence-electron chi connectivity index (χ1n) is 8.15. The number of benzene rings is 2. The summed E-state index contributed by atoms with van der Waals surface area (Å²) in [5.41, 5.74) is -0.323. The van der Waals surface area contributed by atoms with Crippen molar-refractivity contribution in [2.45, 2.75) is 11.3 Å². The first-order chi connectivity index (χ1) is 13.4. The summed E-state index contributed by atoms with van der Waals surface area (Å²) in [6.45, 7) is 0. The highest BCUT2D eigenvalue weighted by Gasteiger charge is 2.33. The van der Waals surface area contributed by atoms with E-state index < -0.39 is 17.6 Å². The number of aromatic nitrogens is 2. The van der Waals surface area contributed by atoms with Crippen LogP contribution in [0.1, 0.15) is 5.56 Å². The quantitative estimate of drug-likeness (QED) is 0.606. The number of halogens is 3. The van der Waals surface area contributed by atoms with E-state index in [0.29, 0.717) is 10.9 Å². The number of ether oxygens (including phenoxy) is 1. The molecular weight excluding hydrogens is 391 g/mol. The summed E-state index contributed by atoms with van der Waals surface area (Å²) in [5.74, 6) is 0.0751. The van der Waals surface area contributed by atoms with Crippen molar-refractivity contribution in [2.75, 3.05) is 18.2 Å². The van der Waals surface area contributed by atoms with Crippen molar-refractivity contribution in [3.63, 3.8) is 0 Å². The number of methoxy groups -OCH3 is 1. The zero-order valence-corrected chi connectivity index (χ0v) is 15.6. The molecule has 0 aliphatic rings. The lowest BCUT2D eigenvalue weighted by Gasteiger charge is -2.13. The molecule has 0 radical (unpaired) electrons. The highest BCUT2D eigenvalue weighted by Crippen LogP contribution is 2.34. The number of imidazole rings is 1. The summed E-state index contributed by atoms with van der Waals surface area (Å²) < 4.78 is 46.0. The van der Waals surface area contributed by atoms with Crippen LogP contribution in [-0.2, 0) is 11.0 Å². The Kier molecular flexibility index (Phi) is 5.93. The number of amides is 1. The Morgan fingerprint density at radius 2 is 1.89 bits per heavy atom. The fourth-order valence-corrected chi connectivity index (χ4v) is 3.26. The average Bonchev–Trinajstić information content (AvgIpc) is 3.14. The van der Waals surface area contributed by atoms with E-state index in [9.17, 15) is 18.0 Å². The number of nitrogens with zero attached hydrogens (tertiary/aromatic N) is 2. The predicted molar refractivity (Wildman–Crippen MR) is 101 cm³/mol. The zero-order chi connectivity index (χ0) is 20.1. The van der Waals surface area contributed by atoms with E-state index in [1.165, 1.54) is 18.2 Å². The number of carbonyl (C=O) groups is 1. The standard InChI is InChI=1S/C19H16F3N3O2S/c1-27-14-8-6-13(7-9-14)25-11-10-23-18(25)28-12-17(26)24-16-5-3-2-4-15(16)19(20,21)22/h2-11H,12H2,1H3,(H,24,26). The summed E-state index contributed by atoms with van der Waals surface area (Å²) in [6.07, 6.45) is -1.22. The second kappa shape index (κ2) is 8.39. The van der Waals surface area contributed by atoms with Gasteiger partial charge in [0.05, 0.1) is 24.1 Å². The molecule has 1 aromatic heterocycles. The Labute approximate surface area is 163 Å². The van der Waals surface area contributed by atoms with Gasteiger partial charge in [0, 0.05) is 18.1 Å². The maximum absolute atomic E-state index is 13.0. The Bertz CT molecular complexity index is 956. The van der Waals surface area contributed by atoms with Crippen LogP contribution in [0.15, 0.2) is 66.1 Å². The number of hydrogen-bond donors (Lipinski definition) is 1. The molecule has 1 amide bonds. The number of carbonyl (C=O) groups excluding carboxylic acids is 1. The molecule has 0 fully saturated rings. The topological polar surface area (TPSA) is 56.2 Å². The highest BCUT2D eigenvalue weighted by molar-refractivity contribution is 7.99. The maximum Gasteiger partial charge on any atom is 0.418 e. The van der Waals surface area contributed by atoms with E-state index >= 15 is 0 Å². The van der Waals surface area contributed by atoms with Crippen LogP contribution in [0, 0.1) is 0 Å². The van der Waals surface area contributed by atoms with Crippen molar-refractivity contribution in [1.82, 2.24) is 9.55 Å². The van der Waals surface area contributed by atoms with Gasteiger partial charge in [0.15, 0.2) is 5.16 Å². The molecule has 3 aromatic rings. The van der Waals surface area contributed by atoms with Crippen molar-refractivity contribution in [3.05, 3.63) is 66.5 Å². The molecule has 0 saturated heterocycles. The molecule has 0 saturated carbocycles. The summed E-state index contributed by atoms with van der Waals surface area (Å²) in [7, 11) is 1.57. The molecule has 3 rings (SSSR count). The minimum atomic E-state index is -4.54. The smallest absolute Gasteiger partial charge is 0.418 e. The van der Waals surface area contributed by atoms with Gasteiger partial charge in [0.25, 0.3) is 0 Å². The van der Waals surface area contributed by atoms with Crippen LogP contribution < -0.4 is 10.1 Å². The van der Waals surface area contributed by atoms with Crippen LogP contribution in [0.2, 0.25) is 0 Å². The zero-order valence-electron chi connectivity index (χ0n) is 14.7. The van der Waals surface area contributed by atoms with Gasteiger partial charge in [-0.1, -0.05) is 23.9 Å². The molecule has 28 heavy (non-hydrogen) atoms. The lowest BCUT2D eigenvalue weighted by molar-refractivity contribution is -0.137. The third-order valence-corrected chi connectivity index (χ3v) is 4.76. The summed E-state index contributed by atoms with van der Waals surface area (Å²) >= 11 is 1.13. The second-order valence-electron chi connectivity index (χ2n) is 5.66. The highest BCUT2D eigenvalue weighted by atomic mass is 32.2. The number of rotatable bonds is 6. The van der Waals surface area contributed by atoms with Gasteiger partial charge in [-0.2, -0.15) is 13.2 Å². The Morgan fingerprint density at radius 1 is 1.18 bits per heavy atom. The molecule has 0 unspecified atom stereocenters. The monoisotopic (exact) mass is 407 g/mol. The van der Waals surface area contributed by atoms with E-state index in [-0.39, 0.29) is 11.4 Å². The van der Waals surface area contributed by atoms with Crippen LogP contribution in [0.5, 0.6) is 5.75 Å². The second-order valence-corrected chi connectivity index (χ2v) is 6.60. The van der Waals surface area contributed by atoms with E-state index in [1.54, 1.807) is 36.2 Å². The molecule has 0 atom stereocenters. The van der Waals surface area contributed by atoms with Crippen molar-refractivity contribution < 1.29 is 22.7 Å². The Morgan fingerprint density at radius 3 is 2.57 bits per heavy atom. The van der Waals surface area contributed by atoms with Crippen LogP contribution in [0.3, 0.4) is 0 Å². The van der Waals surface area contributed by atoms with Gasteiger partial charge in [-0.15, -0.1) is 0 Å². The molecule has 146 valence electrons. The molecule has 0 aliphatic heterocycles. The molecule has 9 heteroatoms. The van der Waals surface area contributed by atoms with Gasteiger partial charge in [-0.05, 0) is 36.4 Å². The van der Waals surface area contributed by atoms with Crippen molar-refractivity contribution in [2.24, 2.45) is 0 Å². The SMILES string of the molecule is COc1ccc(-n2ccnc2SCC(=O)Nc2ccccc2C(F)(F)F)cc1. The molecule has 1 heterocycles. The van der Waals surface area contributed by atoms with Gasteiger partial charge >= 0.3 is 6.18 Å². The van der Waals surface area contributed by atoms with Gasteiger partial charge in [0.2, 0.25) is 5.91 Å². The fraction of sp³-hybridized carbons (Fsp3) is 0.158. The van der Waals surface area contributed by atoms with Crippen LogP contribution in [-0.4, -0.2) is 28.3 Å². The van der Waals surface area contributed by atoms with Crippen LogP contribution >= 0.6 is 11.8 Å². The van der Waals surface area contributed by atoms with E-state index in [1.807, 2.05) is 12.1 Å². The number of nitrogens with one attached hydrogen (secondary N) is 1. The lowest BCUT2D eigenvalue weighted by Crippen LogP contribution is -2.18. The predicted octanol–water partition coefficient (Wildman–Crippen LogP) is 4.63. The Hall–Kier alpha value is -2.94. The number of hydrogen-bond acceptors (Lipinski definition) is 4. The van der Waals surface area contributed by atoms with E-state index in [4.69, 9.17) is 4.74 Å². The first-order valence-corrected chi connectivity index (χ1v) is 9.13. The Balaban J connectivity index is 1.67. The third kappa shape index (κ3) is 4.66. The normalized spacial score (nSPS) is 11.3. The lowest BCUT2D eigenvalue weighted by atomic mass is 10.1. The number of para-hydroxylation sites is 1. The van der Waals surface area contributed by atoms with Gasteiger partial charge in [-0.25, -0.2) is 4.98 Å². The van der Waals surface area contributed by atoms with Crippen molar-refractivity contribution >= 4 is 23.4 Å².